The van der Waals surface area contributed by atoms with Crippen LogP contribution in [0.5, 0.6) is 0 Å². The molecule has 6 nitrogen and oxygen atoms in total. The standard InChI is InChI=1S/C23H27N3O3S/c1-3-17-8-10-18(11-9-17)16-25(2)23(27)19-12-13-20-21(15-19)30(28,29)24-22-7-5-4-6-14-26(20)22/h8-13,15H,3-7,14,16H2,1-2H3. The molecule has 2 aliphatic heterocycles. The average molecular weight is 426 g/mol. The molecule has 0 atom stereocenters. The second kappa shape index (κ2) is 8.22. The first-order chi connectivity index (χ1) is 14.4. The Morgan fingerprint density at radius 2 is 1.80 bits per heavy atom. The largest absolute Gasteiger partial charge is 0.337 e. The van der Waals surface area contributed by atoms with Crippen LogP contribution < -0.4 is 4.90 Å². The monoisotopic (exact) mass is 425 g/mol. The zero-order valence-electron chi connectivity index (χ0n) is 17.5. The van der Waals surface area contributed by atoms with Gasteiger partial charge in [-0.1, -0.05) is 37.6 Å². The van der Waals surface area contributed by atoms with Gasteiger partial charge in [0.2, 0.25) is 0 Å². The molecule has 1 saturated heterocycles. The van der Waals surface area contributed by atoms with E-state index in [-0.39, 0.29) is 10.8 Å². The fraction of sp³-hybridized carbons (Fsp3) is 0.391. The zero-order valence-corrected chi connectivity index (χ0v) is 18.3. The molecule has 1 fully saturated rings. The number of sulfonamides is 1. The molecule has 1 amide bonds. The van der Waals surface area contributed by atoms with Gasteiger partial charge in [-0.25, -0.2) is 0 Å². The van der Waals surface area contributed by atoms with Crippen LogP contribution in [0.25, 0.3) is 0 Å². The molecule has 0 aliphatic carbocycles. The molecule has 0 radical (unpaired) electrons. The van der Waals surface area contributed by atoms with Gasteiger partial charge in [0.1, 0.15) is 10.7 Å². The highest BCUT2D eigenvalue weighted by atomic mass is 32.2. The first-order valence-electron chi connectivity index (χ1n) is 10.5. The highest BCUT2D eigenvalue weighted by molar-refractivity contribution is 7.90. The number of nitrogens with zero attached hydrogens (tertiary/aromatic N) is 3. The van der Waals surface area contributed by atoms with Crippen molar-refractivity contribution in [1.29, 1.82) is 0 Å². The van der Waals surface area contributed by atoms with Crippen molar-refractivity contribution in [2.45, 2.75) is 50.5 Å². The molecule has 2 heterocycles. The van der Waals surface area contributed by atoms with E-state index in [1.807, 2.05) is 17.0 Å². The van der Waals surface area contributed by atoms with Gasteiger partial charge in [0.05, 0.1) is 5.69 Å². The number of amidine groups is 1. The van der Waals surface area contributed by atoms with E-state index in [4.69, 9.17) is 0 Å². The van der Waals surface area contributed by atoms with Gasteiger partial charge in [0.15, 0.2) is 0 Å². The Kier molecular flexibility index (Phi) is 5.64. The van der Waals surface area contributed by atoms with E-state index < -0.39 is 10.0 Å². The Hall–Kier alpha value is -2.67. The molecule has 0 saturated carbocycles. The van der Waals surface area contributed by atoms with Crippen LogP contribution in [0.4, 0.5) is 5.69 Å². The summed E-state index contributed by atoms with van der Waals surface area (Å²) in [6.45, 7) is 3.32. The molecule has 7 heteroatoms. The normalized spacial score (nSPS) is 17.4. The van der Waals surface area contributed by atoms with Crippen molar-refractivity contribution in [2.24, 2.45) is 4.40 Å². The maximum atomic E-state index is 13.0. The van der Waals surface area contributed by atoms with Gasteiger partial charge >= 0.3 is 0 Å². The molecular formula is C23H27N3O3S. The summed E-state index contributed by atoms with van der Waals surface area (Å²) in [4.78, 5) is 16.7. The van der Waals surface area contributed by atoms with Crippen molar-refractivity contribution in [2.75, 3.05) is 18.5 Å². The number of carbonyl (C=O) groups is 1. The number of anilines is 1. The van der Waals surface area contributed by atoms with Crippen molar-refractivity contribution >= 4 is 27.5 Å². The quantitative estimate of drug-likeness (QED) is 0.742. The Balaban J connectivity index is 1.60. The molecule has 4 rings (SSSR count). The Labute approximate surface area is 178 Å². The topological polar surface area (TPSA) is 70.0 Å². The minimum absolute atomic E-state index is 0.125. The molecule has 0 unspecified atom stereocenters. The second-order valence-corrected chi connectivity index (χ2v) is 9.53. The third-order valence-corrected chi connectivity index (χ3v) is 7.13. The highest BCUT2D eigenvalue weighted by Crippen LogP contribution is 2.35. The van der Waals surface area contributed by atoms with Gasteiger partial charge in [-0.15, -0.1) is 4.40 Å². The van der Waals surface area contributed by atoms with Crippen LogP contribution in [0.2, 0.25) is 0 Å². The number of rotatable bonds is 4. The van der Waals surface area contributed by atoms with E-state index in [2.05, 4.69) is 23.5 Å². The van der Waals surface area contributed by atoms with E-state index >= 15 is 0 Å². The first kappa shape index (κ1) is 20.6. The summed E-state index contributed by atoms with van der Waals surface area (Å²) in [5.74, 6) is 0.407. The Morgan fingerprint density at radius 1 is 1.07 bits per heavy atom. The van der Waals surface area contributed by atoms with Crippen LogP contribution in [0.15, 0.2) is 51.8 Å². The summed E-state index contributed by atoms with van der Waals surface area (Å²) >= 11 is 0. The van der Waals surface area contributed by atoms with E-state index in [1.165, 1.54) is 11.6 Å². The smallest absolute Gasteiger partial charge is 0.286 e. The van der Waals surface area contributed by atoms with Gasteiger partial charge in [0.25, 0.3) is 15.9 Å². The molecule has 0 bridgehead atoms. The Morgan fingerprint density at radius 3 is 2.53 bits per heavy atom. The van der Waals surface area contributed by atoms with Crippen molar-refractivity contribution in [1.82, 2.24) is 4.90 Å². The summed E-state index contributed by atoms with van der Waals surface area (Å²) in [5.41, 5.74) is 3.28. The van der Waals surface area contributed by atoms with Gasteiger partial charge in [0, 0.05) is 32.1 Å². The summed E-state index contributed by atoms with van der Waals surface area (Å²) in [7, 11) is -2.07. The van der Waals surface area contributed by atoms with E-state index in [9.17, 15) is 13.2 Å². The number of hydrogen-bond acceptors (Lipinski definition) is 4. The van der Waals surface area contributed by atoms with Crippen molar-refractivity contribution in [3.63, 3.8) is 0 Å². The predicted molar refractivity (Wildman–Crippen MR) is 118 cm³/mol. The maximum Gasteiger partial charge on any atom is 0.286 e. The van der Waals surface area contributed by atoms with E-state index in [1.54, 1.807) is 24.1 Å². The van der Waals surface area contributed by atoms with Gasteiger partial charge in [-0.2, -0.15) is 8.42 Å². The van der Waals surface area contributed by atoms with Crippen molar-refractivity contribution < 1.29 is 13.2 Å². The van der Waals surface area contributed by atoms with Crippen LogP contribution in [0, 0.1) is 0 Å². The summed E-state index contributed by atoms with van der Waals surface area (Å²) < 4.78 is 29.7. The summed E-state index contributed by atoms with van der Waals surface area (Å²) in [6, 6.07) is 13.1. The highest BCUT2D eigenvalue weighted by Gasteiger charge is 2.32. The summed E-state index contributed by atoms with van der Waals surface area (Å²) in [6.07, 6.45) is 4.64. The van der Waals surface area contributed by atoms with Gasteiger partial charge < -0.3 is 9.80 Å². The lowest BCUT2D eigenvalue weighted by Crippen LogP contribution is -2.35. The zero-order chi connectivity index (χ0) is 21.3. The Bertz CT molecular complexity index is 1090. The van der Waals surface area contributed by atoms with Crippen LogP contribution >= 0.6 is 0 Å². The van der Waals surface area contributed by atoms with Crippen LogP contribution in [-0.4, -0.2) is 38.7 Å². The summed E-state index contributed by atoms with van der Waals surface area (Å²) in [5, 5.41) is 0. The molecule has 30 heavy (non-hydrogen) atoms. The number of carbonyl (C=O) groups excluding carboxylic acids is 1. The fourth-order valence-electron chi connectivity index (χ4n) is 4.06. The number of amides is 1. The molecule has 0 spiro atoms. The fourth-order valence-corrected chi connectivity index (χ4v) is 5.34. The molecule has 0 aromatic heterocycles. The van der Waals surface area contributed by atoms with Crippen molar-refractivity contribution in [3.05, 3.63) is 59.2 Å². The van der Waals surface area contributed by atoms with E-state index in [0.717, 1.165) is 37.8 Å². The minimum Gasteiger partial charge on any atom is -0.337 e. The molecule has 2 aromatic carbocycles. The SMILES string of the molecule is CCc1ccc(CN(C)C(=O)c2ccc3c(c2)S(=O)(=O)N=C2CCCCCN23)cc1. The third-order valence-electron chi connectivity index (χ3n) is 5.79. The number of fused-ring (bicyclic) bond motifs is 3. The minimum atomic E-state index is -3.80. The number of benzene rings is 2. The van der Waals surface area contributed by atoms with Crippen LogP contribution in [-0.2, 0) is 23.0 Å². The van der Waals surface area contributed by atoms with Crippen molar-refractivity contribution in [3.8, 4) is 0 Å². The lowest BCUT2D eigenvalue weighted by molar-refractivity contribution is 0.0785. The first-order valence-corrected chi connectivity index (χ1v) is 11.9. The number of aryl methyl sites for hydroxylation is 1. The van der Waals surface area contributed by atoms with Gasteiger partial charge in [-0.3, -0.25) is 4.79 Å². The molecular weight excluding hydrogens is 398 g/mol. The average Bonchev–Trinajstić information content (AvgIpc) is 2.98. The third kappa shape index (κ3) is 3.99. The molecule has 2 aliphatic rings. The number of hydrogen-bond donors (Lipinski definition) is 0. The lowest BCUT2D eigenvalue weighted by Gasteiger charge is -2.30. The van der Waals surface area contributed by atoms with Crippen LogP contribution in [0.1, 0.15) is 54.1 Å². The lowest BCUT2D eigenvalue weighted by atomic mass is 10.1. The maximum absolute atomic E-state index is 13.0. The second-order valence-electron chi connectivity index (χ2n) is 7.96. The van der Waals surface area contributed by atoms with E-state index in [0.29, 0.717) is 30.1 Å². The molecule has 158 valence electrons. The van der Waals surface area contributed by atoms with Gasteiger partial charge in [-0.05, 0) is 48.6 Å². The predicted octanol–water partition coefficient (Wildman–Crippen LogP) is 4.00. The van der Waals surface area contributed by atoms with Crippen LogP contribution in [0.3, 0.4) is 0 Å². The molecule has 2 aromatic rings. The molecule has 0 N–H and O–H groups in total.